The summed E-state index contributed by atoms with van der Waals surface area (Å²) in [7, 11) is -0.609. The second-order valence-corrected chi connectivity index (χ2v) is 4.50. The molecule has 0 aliphatic rings. The van der Waals surface area contributed by atoms with Crippen LogP contribution in [-0.4, -0.2) is 23.5 Å². The molecular formula is C10H9F3O3S. The van der Waals surface area contributed by atoms with Crippen molar-refractivity contribution in [3.05, 3.63) is 29.3 Å². The highest BCUT2D eigenvalue weighted by atomic mass is 32.2. The van der Waals surface area contributed by atoms with Gasteiger partial charge in [-0.2, -0.15) is 13.2 Å². The van der Waals surface area contributed by atoms with Gasteiger partial charge in [-0.1, -0.05) is 0 Å². The molecule has 0 N–H and O–H groups in total. The third-order valence-electron chi connectivity index (χ3n) is 2.02. The number of methoxy groups -OCH3 is 1. The van der Waals surface area contributed by atoms with Crippen LogP contribution < -0.4 is 0 Å². The van der Waals surface area contributed by atoms with Crippen molar-refractivity contribution in [3.63, 3.8) is 0 Å². The van der Waals surface area contributed by atoms with Crippen LogP contribution in [0.4, 0.5) is 13.2 Å². The van der Waals surface area contributed by atoms with Crippen LogP contribution in [0.15, 0.2) is 23.1 Å². The van der Waals surface area contributed by atoms with Gasteiger partial charge in [0.05, 0.1) is 33.9 Å². The lowest BCUT2D eigenvalue weighted by Crippen LogP contribution is -2.11. The highest BCUT2D eigenvalue weighted by Crippen LogP contribution is 2.31. The minimum atomic E-state index is -4.54. The average molecular weight is 266 g/mol. The molecule has 7 heteroatoms. The summed E-state index contributed by atoms with van der Waals surface area (Å²) in [4.78, 5) is 11.1. The molecule has 0 bridgehead atoms. The van der Waals surface area contributed by atoms with E-state index in [-0.39, 0.29) is 10.5 Å². The fourth-order valence-corrected chi connectivity index (χ4v) is 1.97. The molecule has 1 rings (SSSR count). The van der Waals surface area contributed by atoms with Gasteiger partial charge in [-0.3, -0.25) is 4.21 Å². The van der Waals surface area contributed by atoms with Crippen molar-refractivity contribution < 1.29 is 26.9 Å². The Morgan fingerprint density at radius 2 is 1.94 bits per heavy atom. The number of rotatable bonds is 2. The molecule has 17 heavy (non-hydrogen) atoms. The van der Waals surface area contributed by atoms with E-state index in [1.807, 2.05) is 0 Å². The van der Waals surface area contributed by atoms with Crippen molar-refractivity contribution in [2.24, 2.45) is 0 Å². The normalized spacial score (nSPS) is 13.2. The number of ether oxygens (including phenoxy) is 1. The van der Waals surface area contributed by atoms with Crippen molar-refractivity contribution in [1.82, 2.24) is 0 Å². The highest BCUT2D eigenvalue weighted by molar-refractivity contribution is 7.84. The molecule has 1 atom stereocenters. The summed E-state index contributed by atoms with van der Waals surface area (Å²) >= 11 is 0. The van der Waals surface area contributed by atoms with E-state index in [0.29, 0.717) is 6.07 Å². The van der Waals surface area contributed by atoms with Gasteiger partial charge in [0.15, 0.2) is 0 Å². The minimum absolute atomic E-state index is 0.124. The third kappa shape index (κ3) is 3.06. The van der Waals surface area contributed by atoms with Crippen molar-refractivity contribution in [2.75, 3.05) is 13.4 Å². The quantitative estimate of drug-likeness (QED) is 0.771. The monoisotopic (exact) mass is 266 g/mol. The number of carbonyl (C=O) groups excluding carboxylic acids is 1. The second-order valence-electron chi connectivity index (χ2n) is 3.15. The fraction of sp³-hybridized carbons (Fsp3) is 0.300. The number of halogens is 3. The van der Waals surface area contributed by atoms with Gasteiger partial charge in [0.25, 0.3) is 0 Å². The predicted molar refractivity (Wildman–Crippen MR) is 55.1 cm³/mol. The van der Waals surface area contributed by atoms with Crippen LogP contribution in [0.2, 0.25) is 0 Å². The zero-order valence-corrected chi connectivity index (χ0v) is 9.82. The number of alkyl halides is 3. The van der Waals surface area contributed by atoms with Crippen LogP contribution in [0, 0.1) is 0 Å². The predicted octanol–water partition coefficient (Wildman–Crippen LogP) is 2.23. The van der Waals surface area contributed by atoms with Crippen LogP contribution in [0.5, 0.6) is 0 Å². The Kier molecular flexibility index (Phi) is 3.92. The first-order valence-electron chi connectivity index (χ1n) is 4.40. The molecule has 0 aliphatic carbocycles. The number of benzene rings is 1. The molecule has 0 amide bonds. The van der Waals surface area contributed by atoms with Gasteiger partial charge in [-0.15, -0.1) is 0 Å². The van der Waals surface area contributed by atoms with Crippen LogP contribution in [0.25, 0.3) is 0 Å². The van der Waals surface area contributed by atoms with Gasteiger partial charge in [0, 0.05) is 6.26 Å². The van der Waals surface area contributed by atoms with E-state index in [9.17, 15) is 22.2 Å². The lowest BCUT2D eigenvalue weighted by Gasteiger charge is -2.10. The summed E-state index contributed by atoms with van der Waals surface area (Å²) in [5, 5.41) is 0. The molecule has 1 aromatic carbocycles. The molecule has 0 saturated heterocycles. The Bertz CT molecular complexity index is 468. The Morgan fingerprint density at radius 1 is 1.35 bits per heavy atom. The van der Waals surface area contributed by atoms with E-state index < -0.39 is 28.5 Å². The molecule has 0 heterocycles. The lowest BCUT2D eigenvalue weighted by molar-refractivity contribution is -0.137. The number of esters is 1. The van der Waals surface area contributed by atoms with Crippen LogP contribution in [-0.2, 0) is 21.7 Å². The molecule has 1 aromatic rings. The van der Waals surface area contributed by atoms with E-state index in [0.717, 1.165) is 19.2 Å². The van der Waals surface area contributed by atoms with Gasteiger partial charge in [0.1, 0.15) is 0 Å². The number of hydrogen-bond acceptors (Lipinski definition) is 3. The first-order chi connectivity index (χ1) is 7.77. The number of hydrogen-bond donors (Lipinski definition) is 0. The Morgan fingerprint density at radius 3 is 2.35 bits per heavy atom. The maximum atomic E-state index is 12.4. The SMILES string of the molecule is COC(=O)c1ccc(C(F)(F)F)cc1S(C)=O. The molecule has 3 nitrogen and oxygen atoms in total. The first-order valence-corrected chi connectivity index (χ1v) is 5.96. The zero-order valence-electron chi connectivity index (χ0n) is 9.00. The van der Waals surface area contributed by atoms with Gasteiger partial charge in [-0.25, -0.2) is 4.79 Å². The molecule has 0 saturated carbocycles. The van der Waals surface area contributed by atoms with Gasteiger partial charge < -0.3 is 4.74 Å². The molecule has 0 spiro atoms. The zero-order chi connectivity index (χ0) is 13.2. The highest BCUT2D eigenvalue weighted by Gasteiger charge is 2.32. The van der Waals surface area contributed by atoms with Crippen molar-refractivity contribution in [3.8, 4) is 0 Å². The summed E-state index contributed by atoms with van der Waals surface area (Å²) < 4.78 is 53.0. The van der Waals surface area contributed by atoms with Gasteiger partial charge in [-0.05, 0) is 18.2 Å². The number of carbonyl (C=O) groups is 1. The Labute approximate surface area is 98.0 Å². The van der Waals surface area contributed by atoms with E-state index in [4.69, 9.17) is 0 Å². The topological polar surface area (TPSA) is 43.4 Å². The second kappa shape index (κ2) is 4.87. The summed E-state index contributed by atoms with van der Waals surface area (Å²) in [6.07, 6.45) is -3.34. The van der Waals surface area contributed by atoms with E-state index in [1.54, 1.807) is 0 Å². The largest absolute Gasteiger partial charge is 0.465 e. The van der Waals surface area contributed by atoms with Crippen LogP contribution in [0.1, 0.15) is 15.9 Å². The maximum Gasteiger partial charge on any atom is 0.416 e. The summed E-state index contributed by atoms with van der Waals surface area (Å²) in [5.74, 6) is -0.816. The lowest BCUT2D eigenvalue weighted by atomic mass is 10.1. The minimum Gasteiger partial charge on any atom is -0.465 e. The molecule has 0 fully saturated rings. The molecule has 0 radical (unpaired) electrons. The maximum absolute atomic E-state index is 12.4. The van der Waals surface area contributed by atoms with E-state index >= 15 is 0 Å². The summed E-state index contributed by atoms with van der Waals surface area (Å²) in [5.41, 5.74) is -1.07. The Hall–Kier alpha value is -1.37. The molecule has 94 valence electrons. The molecule has 0 aliphatic heterocycles. The van der Waals surface area contributed by atoms with E-state index in [2.05, 4.69) is 4.74 Å². The first kappa shape index (κ1) is 13.7. The van der Waals surface area contributed by atoms with Crippen molar-refractivity contribution >= 4 is 16.8 Å². The van der Waals surface area contributed by atoms with E-state index in [1.165, 1.54) is 6.26 Å². The van der Waals surface area contributed by atoms with Crippen molar-refractivity contribution in [1.29, 1.82) is 0 Å². The third-order valence-corrected chi connectivity index (χ3v) is 2.98. The van der Waals surface area contributed by atoms with Crippen molar-refractivity contribution in [2.45, 2.75) is 11.1 Å². The summed E-state index contributed by atoms with van der Waals surface area (Å²) in [6.45, 7) is 0. The molecular weight excluding hydrogens is 257 g/mol. The van der Waals surface area contributed by atoms with Crippen LogP contribution >= 0.6 is 0 Å². The fourth-order valence-electron chi connectivity index (χ4n) is 1.22. The van der Waals surface area contributed by atoms with Gasteiger partial charge >= 0.3 is 12.1 Å². The van der Waals surface area contributed by atoms with Crippen LogP contribution in [0.3, 0.4) is 0 Å². The Balaban J connectivity index is 3.37. The molecule has 1 unspecified atom stereocenters. The average Bonchev–Trinajstić information content (AvgIpc) is 2.25. The summed E-state index contributed by atoms with van der Waals surface area (Å²) in [6, 6.07) is 2.41. The standard InChI is InChI=1S/C10H9F3O3S/c1-16-9(14)7-4-3-6(10(11,12)13)5-8(7)17(2)15/h3-5H,1-2H3. The smallest absolute Gasteiger partial charge is 0.416 e. The van der Waals surface area contributed by atoms with Gasteiger partial charge in [0.2, 0.25) is 0 Å². The molecule has 0 aromatic heterocycles.